The van der Waals surface area contributed by atoms with Gasteiger partial charge in [0.15, 0.2) is 0 Å². The van der Waals surface area contributed by atoms with Crippen LogP contribution in [0.2, 0.25) is 0 Å². The summed E-state index contributed by atoms with van der Waals surface area (Å²) in [5.41, 5.74) is 0.407. The summed E-state index contributed by atoms with van der Waals surface area (Å²) in [4.78, 5) is 0. The van der Waals surface area contributed by atoms with Gasteiger partial charge in [-0.05, 0) is 17.9 Å². The van der Waals surface area contributed by atoms with Gasteiger partial charge in [0.25, 0.3) is 0 Å². The molecule has 0 nitrogen and oxygen atoms in total. The van der Waals surface area contributed by atoms with E-state index in [1.165, 1.54) is 6.08 Å². The Kier molecular flexibility index (Phi) is 3.19. The zero-order valence-electron chi connectivity index (χ0n) is 8.23. The van der Waals surface area contributed by atoms with E-state index in [1.807, 2.05) is 19.9 Å². The zero-order valence-corrected chi connectivity index (χ0v) is 8.23. The lowest BCUT2D eigenvalue weighted by Gasteiger charge is -2.06. The minimum absolute atomic E-state index is 0.271. The van der Waals surface area contributed by atoms with E-state index >= 15 is 0 Å². The van der Waals surface area contributed by atoms with Crippen LogP contribution in [-0.4, -0.2) is 6.18 Å². The third kappa shape index (κ3) is 2.76. The maximum Gasteiger partial charge on any atom is 0.416 e. The lowest BCUT2D eigenvalue weighted by atomic mass is 10.0. The van der Waals surface area contributed by atoms with Crippen molar-refractivity contribution in [2.24, 2.45) is 5.92 Å². The van der Waals surface area contributed by atoms with Crippen molar-refractivity contribution < 1.29 is 13.2 Å². The lowest BCUT2D eigenvalue weighted by molar-refractivity contribution is -0.0883. The Labute approximate surface area is 81.8 Å². The SMILES string of the molecule is CC(C)C1=CCC=C(C(F)(F)F)C=C1. The second-order valence-corrected chi connectivity index (χ2v) is 3.59. The molecule has 0 heterocycles. The number of halogens is 3. The highest BCUT2D eigenvalue weighted by atomic mass is 19.4. The Bertz CT molecular complexity index is 290. The minimum Gasteiger partial charge on any atom is -0.166 e. The molecule has 0 radical (unpaired) electrons. The van der Waals surface area contributed by atoms with Crippen LogP contribution in [0.5, 0.6) is 0 Å². The van der Waals surface area contributed by atoms with Crippen molar-refractivity contribution >= 4 is 0 Å². The van der Waals surface area contributed by atoms with E-state index in [2.05, 4.69) is 0 Å². The Morgan fingerprint density at radius 2 is 1.79 bits per heavy atom. The topological polar surface area (TPSA) is 0 Å². The van der Waals surface area contributed by atoms with Crippen molar-refractivity contribution in [1.82, 2.24) is 0 Å². The zero-order chi connectivity index (χ0) is 10.8. The van der Waals surface area contributed by atoms with E-state index in [-0.39, 0.29) is 5.92 Å². The summed E-state index contributed by atoms with van der Waals surface area (Å²) in [6.07, 6.45) is 1.88. The summed E-state index contributed by atoms with van der Waals surface area (Å²) < 4.78 is 36.9. The molecule has 0 unspecified atom stereocenters. The second-order valence-electron chi connectivity index (χ2n) is 3.59. The fraction of sp³-hybridized carbons (Fsp3) is 0.455. The molecule has 0 aromatic heterocycles. The summed E-state index contributed by atoms with van der Waals surface area (Å²) >= 11 is 0. The summed E-state index contributed by atoms with van der Waals surface area (Å²) in [5.74, 6) is 0.271. The van der Waals surface area contributed by atoms with Crippen molar-refractivity contribution in [2.45, 2.75) is 26.4 Å². The molecule has 1 rings (SSSR count). The first-order valence-electron chi connectivity index (χ1n) is 4.56. The first-order chi connectivity index (χ1) is 6.41. The second kappa shape index (κ2) is 4.03. The maximum absolute atomic E-state index is 12.3. The summed E-state index contributed by atoms with van der Waals surface area (Å²) in [5, 5.41) is 0. The molecule has 0 aliphatic heterocycles. The van der Waals surface area contributed by atoms with Crippen LogP contribution in [0.3, 0.4) is 0 Å². The summed E-state index contributed by atoms with van der Waals surface area (Å²) in [6.45, 7) is 3.93. The molecule has 3 heteroatoms. The molecule has 0 atom stereocenters. The fourth-order valence-electron chi connectivity index (χ4n) is 1.28. The van der Waals surface area contributed by atoms with Gasteiger partial charge in [-0.1, -0.05) is 38.2 Å². The Balaban J connectivity index is 2.83. The molecule has 78 valence electrons. The van der Waals surface area contributed by atoms with Gasteiger partial charge in [-0.15, -0.1) is 0 Å². The predicted octanol–water partition coefficient (Wildman–Crippen LogP) is 4.02. The van der Waals surface area contributed by atoms with E-state index in [1.54, 1.807) is 6.08 Å². The third-order valence-electron chi connectivity index (χ3n) is 2.14. The molecule has 0 fully saturated rings. The average molecular weight is 202 g/mol. The van der Waals surface area contributed by atoms with Crippen molar-refractivity contribution in [2.75, 3.05) is 0 Å². The molecule has 1 aliphatic carbocycles. The molecule has 0 aromatic rings. The van der Waals surface area contributed by atoms with Gasteiger partial charge < -0.3 is 0 Å². The lowest BCUT2D eigenvalue weighted by Crippen LogP contribution is -2.09. The van der Waals surface area contributed by atoms with Gasteiger partial charge in [-0.25, -0.2) is 0 Å². The fourth-order valence-corrected chi connectivity index (χ4v) is 1.28. The van der Waals surface area contributed by atoms with E-state index in [0.717, 1.165) is 11.6 Å². The molecule has 0 saturated heterocycles. The van der Waals surface area contributed by atoms with Crippen LogP contribution in [0.4, 0.5) is 13.2 Å². The van der Waals surface area contributed by atoms with Crippen LogP contribution in [0.25, 0.3) is 0 Å². The van der Waals surface area contributed by atoms with Gasteiger partial charge in [0.2, 0.25) is 0 Å². The molecule has 0 spiro atoms. The van der Waals surface area contributed by atoms with Gasteiger partial charge in [0.05, 0.1) is 5.57 Å². The van der Waals surface area contributed by atoms with Crippen LogP contribution >= 0.6 is 0 Å². The Hall–Kier alpha value is -0.990. The van der Waals surface area contributed by atoms with Crippen LogP contribution < -0.4 is 0 Å². The molecule has 0 amide bonds. The van der Waals surface area contributed by atoms with E-state index in [4.69, 9.17) is 0 Å². The highest BCUT2D eigenvalue weighted by Gasteiger charge is 2.31. The smallest absolute Gasteiger partial charge is 0.166 e. The number of hydrogen-bond donors (Lipinski definition) is 0. The van der Waals surface area contributed by atoms with E-state index < -0.39 is 11.7 Å². The predicted molar refractivity (Wildman–Crippen MR) is 50.8 cm³/mol. The molecule has 0 saturated carbocycles. The molecular weight excluding hydrogens is 189 g/mol. The van der Waals surface area contributed by atoms with Crippen LogP contribution in [0, 0.1) is 5.92 Å². The van der Waals surface area contributed by atoms with Gasteiger partial charge in [0.1, 0.15) is 0 Å². The highest BCUT2D eigenvalue weighted by Crippen LogP contribution is 2.29. The van der Waals surface area contributed by atoms with Gasteiger partial charge >= 0.3 is 6.18 Å². The maximum atomic E-state index is 12.3. The molecular formula is C11H13F3. The largest absolute Gasteiger partial charge is 0.416 e. The highest BCUT2D eigenvalue weighted by molar-refractivity contribution is 5.35. The molecule has 0 aromatic carbocycles. The minimum atomic E-state index is -4.23. The summed E-state index contributed by atoms with van der Waals surface area (Å²) in [6, 6.07) is 0. The first-order valence-corrected chi connectivity index (χ1v) is 4.56. The van der Waals surface area contributed by atoms with Crippen molar-refractivity contribution in [1.29, 1.82) is 0 Å². The molecule has 0 bridgehead atoms. The average Bonchev–Trinajstić information content (AvgIpc) is 2.26. The first kappa shape index (κ1) is 11.1. The van der Waals surface area contributed by atoms with Crippen molar-refractivity contribution in [3.8, 4) is 0 Å². The van der Waals surface area contributed by atoms with Crippen LogP contribution in [0.15, 0.2) is 35.5 Å². The molecule has 14 heavy (non-hydrogen) atoms. The normalized spacial score (nSPS) is 17.9. The number of rotatable bonds is 1. The van der Waals surface area contributed by atoms with Gasteiger partial charge in [0, 0.05) is 0 Å². The number of allylic oxidation sites excluding steroid dienone is 6. The van der Waals surface area contributed by atoms with E-state index in [0.29, 0.717) is 6.42 Å². The third-order valence-corrected chi connectivity index (χ3v) is 2.14. The van der Waals surface area contributed by atoms with E-state index in [9.17, 15) is 13.2 Å². The van der Waals surface area contributed by atoms with Crippen LogP contribution in [0.1, 0.15) is 20.3 Å². The summed E-state index contributed by atoms with van der Waals surface area (Å²) in [7, 11) is 0. The molecule has 1 aliphatic rings. The van der Waals surface area contributed by atoms with Gasteiger partial charge in [-0.3, -0.25) is 0 Å². The number of alkyl halides is 3. The monoisotopic (exact) mass is 202 g/mol. The standard InChI is InChI=1S/C11H13F3/c1-8(2)9-4-3-5-10(7-6-9)11(12,13)14/h4-8H,3H2,1-2H3. The Morgan fingerprint density at radius 1 is 1.14 bits per heavy atom. The van der Waals surface area contributed by atoms with Crippen molar-refractivity contribution in [3.63, 3.8) is 0 Å². The molecule has 0 N–H and O–H groups in total. The quantitative estimate of drug-likeness (QED) is 0.602. The Morgan fingerprint density at radius 3 is 2.29 bits per heavy atom. The number of hydrogen-bond acceptors (Lipinski definition) is 0. The van der Waals surface area contributed by atoms with Crippen molar-refractivity contribution in [3.05, 3.63) is 35.5 Å². The van der Waals surface area contributed by atoms with Gasteiger partial charge in [-0.2, -0.15) is 13.2 Å². The van der Waals surface area contributed by atoms with Crippen LogP contribution in [-0.2, 0) is 0 Å².